The summed E-state index contributed by atoms with van der Waals surface area (Å²) in [6, 6.07) is 34.6. The first-order valence-electron chi connectivity index (χ1n) is 16.2. The van der Waals surface area contributed by atoms with Gasteiger partial charge in [-0.25, -0.2) is 14.4 Å². The van der Waals surface area contributed by atoms with Crippen molar-refractivity contribution in [2.24, 2.45) is 0 Å². The number of aryl methyl sites for hydroxylation is 1. The van der Waals surface area contributed by atoms with Crippen LogP contribution in [0.25, 0.3) is 0 Å². The van der Waals surface area contributed by atoms with Gasteiger partial charge in [0.25, 0.3) is 0 Å². The Morgan fingerprint density at radius 1 is 0.528 bits per heavy atom. The molecule has 0 saturated carbocycles. The van der Waals surface area contributed by atoms with Crippen LogP contribution in [0.15, 0.2) is 115 Å². The van der Waals surface area contributed by atoms with Gasteiger partial charge in [-0.2, -0.15) is 0 Å². The van der Waals surface area contributed by atoms with E-state index in [1.165, 1.54) is 21.3 Å². The van der Waals surface area contributed by atoms with Gasteiger partial charge in [-0.15, -0.1) is 6.42 Å². The summed E-state index contributed by atoms with van der Waals surface area (Å²) in [4.78, 5) is 35.5. The standard InChI is InChI=1S/C28H22O5.C17H14O3/c1-20-17-21(13-15-24(20)27(29)31-2)9-7-8-10-22-14-16-25(28(30)32-3)26(18-22)33-19-23-11-5-4-6-12-23;1-3-13-9-10-15(17(18)19-2)16(11-13)20-12-14-7-5-4-6-8-14/h4-6,11-18H,19H2,1-3H3;1,4-11H,12H2,2H3. The molecule has 0 fully saturated rings. The summed E-state index contributed by atoms with van der Waals surface area (Å²) in [6.07, 6.45) is 5.36. The van der Waals surface area contributed by atoms with Crippen LogP contribution in [0, 0.1) is 42.9 Å². The van der Waals surface area contributed by atoms with E-state index in [-0.39, 0.29) is 5.97 Å². The van der Waals surface area contributed by atoms with Crippen LogP contribution in [0.5, 0.6) is 11.5 Å². The molecule has 0 spiro atoms. The second kappa shape index (κ2) is 19.8. The summed E-state index contributed by atoms with van der Waals surface area (Å²) < 4.78 is 25.9. The lowest BCUT2D eigenvalue weighted by Gasteiger charge is -2.11. The Morgan fingerprint density at radius 3 is 1.36 bits per heavy atom. The maximum Gasteiger partial charge on any atom is 0.341 e. The molecule has 0 saturated heterocycles. The lowest BCUT2D eigenvalue weighted by molar-refractivity contribution is 0.0586. The molecule has 0 N–H and O–H groups in total. The van der Waals surface area contributed by atoms with Crippen LogP contribution in [0.4, 0.5) is 0 Å². The van der Waals surface area contributed by atoms with Crippen molar-refractivity contribution in [2.45, 2.75) is 20.1 Å². The van der Waals surface area contributed by atoms with Crippen molar-refractivity contribution in [2.75, 3.05) is 21.3 Å². The lowest BCUT2D eigenvalue weighted by atomic mass is 10.1. The van der Waals surface area contributed by atoms with Crippen LogP contribution in [-0.2, 0) is 27.4 Å². The molecule has 0 unspecified atom stereocenters. The van der Waals surface area contributed by atoms with Gasteiger partial charge in [-0.1, -0.05) is 78.4 Å². The van der Waals surface area contributed by atoms with E-state index in [9.17, 15) is 14.4 Å². The van der Waals surface area contributed by atoms with Gasteiger partial charge in [0.2, 0.25) is 0 Å². The minimum atomic E-state index is -0.483. The molecule has 0 amide bonds. The Hall–Kier alpha value is -7.21. The van der Waals surface area contributed by atoms with Crippen molar-refractivity contribution in [1.29, 1.82) is 0 Å². The van der Waals surface area contributed by atoms with Crippen molar-refractivity contribution >= 4 is 17.9 Å². The van der Waals surface area contributed by atoms with Gasteiger partial charge in [0.15, 0.2) is 0 Å². The van der Waals surface area contributed by atoms with Crippen LogP contribution in [0.3, 0.4) is 0 Å². The van der Waals surface area contributed by atoms with Gasteiger partial charge < -0.3 is 23.7 Å². The molecular weight excluding hydrogens is 668 g/mol. The fourth-order valence-corrected chi connectivity index (χ4v) is 4.77. The third-order valence-electron chi connectivity index (χ3n) is 7.52. The fourth-order valence-electron chi connectivity index (χ4n) is 4.77. The van der Waals surface area contributed by atoms with Gasteiger partial charge in [-0.3, -0.25) is 0 Å². The smallest absolute Gasteiger partial charge is 0.341 e. The highest BCUT2D eigenvalue weighted by Gasteiger charge is 2.15. The van der Waals surface area contributed by atoms with E-state index < -0.39 is 11.9 Å². The van der Waals surface area contributed by atoms with Gasteiger partial charge in [-0.05, 0) is 90.1 Å². The molecule has 5 aromatic rings. The highest BCUT2D eigenvalue weighted by molar-refractivity contribution is 5.93. The summed E-state index contributed by atoms with van der Waals surface area (Å²) in [5.74, 6) is 13.6. The predicted molar refractivity (Wildman–Crippen MR) is 201 cm³/mol. The average molecular weight is 705 g/mol. The maximum atomic E-state index is 12.1. The number of carbonyl (C=O) groups is 3. The summed E-state index contributed by atoms with van der Waals surface area (Å²) >= 11 is 0. The van der Waals surface area contributed by atoms with Gasteiger partial charge in [0.05, 0.1) is 26.9 Å². The molecule has 0 bridgehead atoms. The van der Waals surface area contributed by atoms with Crippen LogP contribution >= 0.6 is 0 Å². The van der Waals surface area contributed by atoms with Crippen molar-refractivity contribution in [1.82, 2.24) is 0 Å². The third-order valence-corrected chi connectivity index (χ3v) is 7.52. The van der Waals surface area contributed by atoms with Crippen molar-refractivity contribution in [3.63, 3.8) is 0 Å². The third kappa shape index (κ3) is 11.4. The molecule has 264 valence electrons. The Bertz CT molecular complexity index is 2230. The number of ether oxygens (including phenoxy) is 5. The largest absolute Gasteiger partial charge is 0.488 e. The number of esters is 3. The summed E-state index contributed by atoms with van der Waals surface area (Å²) in [5.41, 5.74) is 6.00. The Kier molecular flexibility index (Phi) is 14.4. The molecule has 0 radical (unpaired) electrons. The SMILES string of the molecule is C#Cc1ccc(C(=O)OC)c(OCc2ccccc2)c1.COC(=O)c1ccc(C#CC#Cc2ccc(C(=O)OC)c(OCc3ccccc3)c2)cc1C. The van der Waals surface area contributed by atoms with E-state index in [1.807, 2.05) is 73.7 Å². The topological polar surface area (TPSA) is 97.4 Å². The zero-order valence-corrected chi connectivity index (χ0v) is 29.7. The average Bonchev–Trinajstić information content (AvgIpc) is 3.21. The van der Waals surface area contributed by atoms with E-state index in [1.54, 1.807) is 48.5 Å². The number of terminal acetylenes is 1. The molecule has 0 aliphatic rings. The number of rotatable bonds is 9. The molecule has 8 nitrogen and oxygen atoms in total. The summed E-state index contributed by atoms with van der Waals surface area (Å²) in [5, 5.41) is 0. The van der Waals surface area contributed by atoms with E-state index >= 15 is 0 Å². The molecular formula is C45H36O8. The van der Waals surface area contributed by atoms with Crippen LogP contribution in [-0.4, -0.2) is 39.2 Å². The number of carbonyl (C=O) groups excluding carboxylic acids is 3. The Labute approximate surface area is 309 Å². The van der Waals surface area contributed by atoms with E-state index in [4.69, 9.17) is 30.1 Å². The molecule has 8 heteroatoms. The quantitative estimate of drug-likeness (QED) is 0.0881. The van der Waals surface area contributed by atoms with Crippen molar-refractivity contribution in [3.8, 4) is 47.5 Å². The zero-order valence-electron chi connectivity index (χ0n) is 29.7. The molecule has 0 atom stereocenters. The van der Waals surface area contributed by atoms with Crippen molar-refractivity contribution in [3.05, 3.63) is 165 Å². The summed E-state index contributed by atoms with van der Waals surface area (Å²) in [7, 11) is 4.01. The number of hydrogen-bond donors (Lipinski definition) is 0. The van der Waals surface area contributed by atoms with Crippen LogP contribution in [0.2, 0.25) is 0 Å². The first kappa shape index (κ1) is 38.6. The molecule has 0 aliphatic carbocycles. The normalized spacial score (nSPS) is 9.57. The summed E-state index contributed by atoms with van der Waals surface area (Å²) in [6.45, 7) is 2.49. The van der Waals surface area contributed by atoms with Gasteiger partial charge in [0.1, 0.15) is 35.8 Å². The fraction of sp³-hybridized carbons (Fsp3) is 0.133. The molecule has 5 rings (SSSR count). The zero-order chi connectivity index (χ0) is 38.0. The first-order valence-corrected chi connectivity index (χ1v) is 16.2. The lowest BCUT2D eigenvalue weighted by Crippen LogP contribution is -2.06. The van der Waals surface area contributed by atoms with Gasteiger partial charge in [0, 0.05) is 16.7 Å². The van der Waals surface area contributed by atoms with E-state index in [0.29, 0.717) is 52.5 Å². The number of methoxy groups -OCH3 is 3. The van der Waals surface area contributed by atoms with Gasteiger partial charge >= 0.3 is 17.9 Å². The molecule has 53 heavy (non-hydrogen) atoms. The molecule has 5 aromatic carbocycles. The number of benzene rings is 5. The molecule has 0 aliphatic heterocycles. The second-order valence-corrected chi connectivity index (χ2v) is 11.1. The Balaban J connectivity index is 0.000000267. The highest BCUT2D eigenvalue weighted by Crippen LogP contribution is 2.24. The maximum absolute atomic E-state index is 12.1. The highest BCUT2D eigenvalue weighted by atomic mass is 16.5. The Morgan fingerprint density at radius 2 is 0.925 bits per heavy atom. The predicted octanol–water partition coefficient (Wildman–Crippen LogP) is 7.58. The van der Waals surface area contributed by atoms with E-state index in [0.717, 1.165) is 22.3 Å². The van der Waals surface area contributed by atoms with E-state index in [2.05, 4.69) is 29.6 Å². The minimum absolute atomic E-state index is 0.308. The molecule has 0 aromatic heterocycles. The molecule has 0 heterocycles. The first-order chi connectivity index (χ1) is 25.8. The van der Waals surface area contributed by atoms with Crippen LogP contribution in [0.1, 0.15) is 64.5 Å². The monoisotopic (exact) mass is 704 g/mol. The van der Waals surface area contributed by atoms with Crippen LogP contribution < -0.4 is 9.47 Å². The second-order valence-electron chi connectivity index (χ2n) is 11.1. The minimum Gasteiger partial charge on any atom is -0.488 e. The van der Waals surface area contributed by atoms with Crippen molar-refractivity contribution < 1.29 is 38.1 Å². The number of hydrogen-bond acceptors (Lipinski definition) is 8.